The van der Waals surface area contributed by atoms with E-state index < -0.39 is 0 Å². The number of aromatic nitrogens is 4. The maximum atomic E-state index is 12.0. The Bertz CT molecular complexity index is 810. The van der Waals surface area contributed by atoms with Gasteiger partial charge in [-0.3, -0.25) is 9.59 Å². The molecule has 7 nitrogen and oxygen atoms in total. The lowest BCUT2D eigenvalue weighted by Crippen LogP contribution is -2.28. The Morgan fingerprint density at radius 1 is 1.30 bits per heavy atom. The third-order valence-corrected chi connectivity index (χ3v) is 5.63. The monoisotopic (exact) mass is 389 g/mol. The highest BCUT2D eigenvalue weighted by molar-refractivity contribution is 7.98. The Labute approximate surface area is 163 Å². The minimum atomic E-state index is -0.0823. The number of carbonyl (C=O) groups excluding carboxylic acids is 1. The van der Waals surface area contributed by atoms with E-state index >= 15 is 0 Å². The van der Waals surface area contributed by atoms with Gasteiger partial charge in [-0.15, -0.1) is 10.2 Å². The van der Waals surface area contributed by atoms with Gasteiger partial charge in [0.05, 0.1) is 0 Å². The summed E-state index contributed by atoms with van der Waals surface area (Å²) in [6.45, 7) is 1.01. The van der Waals surface area contributed by atoms with Crippen molar-refractivity contribution in [1.82, 2.24) is 24.6 Å². The van der Waals surface area contributed by atoms with Gasteiger partial charge in [0.2, 0.25) is 5.91 Å². The summed E-state index contributed by atoms with van der Waals surface area (Å²) in [5, 5.41) is 12.6. The van der Waals surface area contributed by atoms with Gasteiger partial charge in [-0.1, -0.05) is 30.7 Å². The number of hydrogen-bond donors (Lipinski definition) is 1. The van der Waals surface area contributed by atoms with Gasteiger partial charge < -0.3 is 14.5 Å². The molecule has 1 amide bonds. The molecule has 27 heavy (non-hydrogen) atoms. The van der Waals surface area contributed by atoms with Crippen LogP contribution in [0.5, 0.6) is 0 Å². The summed E-state index contributed by atoms with van der Waals surface area (Å²) in [5.74, 6) is 0.990. The highest BCUT2D eigenvalue weighted by Crippen LogP contribution is 2.33. The molecule has 8 heteroatoms. The van der Waals surface area contributed by atoms with Crippen LogP contribution in [0.1, 0.15) is 50.4 Å². The zero-order valence-corrected chi connectivity index (χ0v) is 16.6. The minimum Gasteiger partial charge on any atom is -0.356 e. The standard InChI is InChI=1S/C19H27N5O2S/c1-27-19-22-21-16(24(19)15-7-2-3-8-15)9-6-12-20-17(25)11-14-23-13-5-4-10-18(23)26/h4-5,10,13,15H,2-3,6-9,11-12,14H2,1H3,(H,20,25). The van der Waals surface area contributed by atoms with Crippen molar-refractivity contribution in [3.05, 3.63) is 40.6 Å². The molecular formula is C19H27N5O2S. The highest BCUT2D eigenvalue weighted by Gasteiger charge is 2.23. The molecule has 2 aromatic rings. The molecule has 0 spiro atoms. The summed E-state index contributed by atoms with van der Waals surface area (Å²) in [5.41, 5.74) is -0.0823. The van der Waals surface area contributed by atoms with Crippen molar-refractivity contribution in [3.63, 3.8) is 0 Å². The number of nitrogens with one attached hydrogen (secondary N) is 1. The summed E-state index contributed by atoms with van der Waals surface area (Å²) >= 11 is 1.64. The average Bonchev–Trinajstić information content (AvgIpc) is 3.33. The fourth-order valence-corrected chi connectivity index (χ4v) is 4.15. The first-order chi connectivity index (χ1) is 13.2. The van der Waals surface area contributed by atoms with Crippen LogP contribution in [0.15, 0.2) is 34.3 Å². The predicted octanol–water partition coefficient (Wildman–Crippen LogP) is 2.42. The second-order valence-electron chi connectivity index (χ2n) is 6.85. The van der Waals surface area contributed by atoms with Crippen molar-refractivity contribution >= 4 is 17.7 Å². The topological polar surface area (TPSA) is 81.8 Å². The molecule has 0 saturated heterocycles. The van der Waals surface area contributed by atoms with E-state index in [1.165, 1.54) is 31.7 Å². The first-order valence-corrected chi connectivity index (χ1v) is 10.8. The van der Waals surface area contributed by atoms with Crippen LogP contribution in [-0.2, 0) is 17.8 Å². The molecule has 2 heterocycles. The van der Waals surface area contributed by atoms with Gasteiger partial charge in [0, 0.05) is 44.2 Å². The molecule has 1 aliphatic rings. The SMILES string of the molecule is CSc1nnc(CCCNC(=O)CCn2ccccc2=O)n1C1CCCC1. The fourth-order valence-electron chi connectivity index (χ4n) is 3.58. The molecule has 3 rings (SSSR count). The molecule has 1 N–H and O–H groups in total. The van der Waals surface area contributed by atoms with Gasteiger partial charge in [-0.05, 0) is 31.6 Å². The molecule has 0 bridgehead atoms. The van der Waals surface area contributed by atoms with Crippen molar-refractivity contribution in [2.24, 2.45) is 0 Å². The number of nitrogens with zero attached hydrogens (tertiary/aromatic N) is 4. The number of rotatable bonds is 9. The van der Waals surface area contributed by atoms with Gasteiger partial charge in [0.1, 0.15) is 5.82 Å². The van der Waals surface area contributed by atoms with Gasteiger partial charge in [0.15, 0.2) is 5.16 Å². The minimum absolute atomic E-state index is 0.0344. The molecule has 1 fully saturated rings. The Balaban J connectivity index is 1.43. The molecule has 0 aromatic carbocycles. The lowest BCUT2D eigenvalue weighted by molar-refractivity contribution is -0.121. The number of thioether (sulfide) groups is 1. The fraction of sp³-hybridized carbons (Fsp3) is 0.579. The Kier molecular flexibility index (Phi) is 7.09. The summed E-state index contributed by atoms with van der Waals surface area (Å²) in [6, 6.07) is 5.52. The third-order valence-electron chi connectivity index (χ3n) is 4.99. The Morgan fingerprint density at radius 2 is 2.11 bits per heavy atom. The van der Waals surface area contributed by atoms with Crippen molar-refractivity contribution in [3.8, 4) is 0 Å². The molecule has 1 saturated carbocycles. The van der Waals surface area contributed by atoms with Gasteiger partial charge in [-0.25, -0.2) is 0 Å². The zero-order chi connectivity index (χ0) is 19.1. The lowest BCUT2D eigenvalue weighted by atomic mass is 10.2. The molecule has 0 atom stereocenters. The van der Waals surface area contributed by atoms with E-state index in [0.717, 1.165) is 23.8 Å². The number of carbonyl (C=O) groups is 1. The van der Waals surface area contributed by atoms with Crippen LogP contribution in [0.2, 0.25) is 0 Å². The smallest absolute Gasteiger partial charge is 0.250 e. The van der Waals surface area contributed by atoms with E-state index in [-0.39, 0.29) is 11.5 Å². The van der Waals surface area contributed by atoms with E-state index in [4.69, 9.17) is 0 Å². The van der Waals surface area contributed by atoms with Crippen LogP contribution in [-0.4, -0.2) is 38.0 Å². The van der Waals surface area contributed by atoms with Crippen molar-refractivity contribution < 1.29 is 4.79 Å². The van der Waals surface area contributed by atoms with Crippen LogP contribution in [0.3, 0.4) is 0 Å². The molecule has 146 valence electrons. The van der Waals surface area contributed by atoms with Gasteiger partial charge in [0.25, 0.3) is 5.56 Å². The first kappa shape index (κ1) is 19.7. The highest BCUT2D eigenvalue weighted by atomic mass is 32.2. The Morgan fingerprint density at radius 3 is 2.85 bits per heavy atom. The van der Waals surface area contributed by atoms with Crippen LogP contribution >= 0.6 is 11.8 Å². The Hall–Kier alpha value is -2.09. The maximum absolute atomic E-state index is 12.0. The van der Waals surface area contributed by atoms with Gasteiger partial charge in [-0.2, -0.15) is 0 Å². The van der Waals surface area contributed by atoms with E-state index in [0.29, 0.717) is 25.6 Å². The summed E-state index contributed by atoms with van der Waals surface area (Å²) in [6.07, 6.45) is 10.6. The van der Waals surface area contributed by atoms with Crippen LogP contribution in [0, 0.1) is 0 Å². The predicted molar refractivity (Wildman–Crippen MR) is 106 cm³/mol. The van der Waals surface area contributed by atoms with Gasteiger partial charge >= 0.3 is 0 Å². The van der Waals surface area contributed by atoms with Crippen LogP contribution in [0.4, 0.5) is 0 Å². The number of pyridine rings is 1. The molecule has 0 aliphatic heterocycles. The van der Waals surface area contributed by atoms with E-state index in [1.807, 2.05) is 6.26 Å². The third kappa shape index (κ3) is 5.22. The molecule has 0 radical (unpaired) electrons. The summed E-state index contributed by atoms with van der Waals surface area (Å²) in [7, 11) is 0. The second kappa shape index (κ2) is 9.73. The summed E-state index contributed by atoms with van der Waals surface area (Å²) in [4.78, 5) is 23.6. The maximum Gasteiger partial charge on any atom is 0.250 e. The van der Waals surface area contributed by atoms with Crippen LogP contribution in [0.25, 0.3) is 0 Å². The largest absolute Gasteiger partial charge is 0.356 e. The first-order valence-electron chi connectivity index (χ1n) is 9.59. The quantitative estimate of drug-likeness (QED) is 0.526. The van der Waals surface area contributed by atoms with E-state index in [9.17, 15) is 9.59 Å². The number of aryl methyl sites for hydroxylation is 2. The summed E-state index contributed by atoms with van der Waals surface area (Å²) < 4.78 is 3.86. The number of hydrogen-bond acceptors (Lipinski definition) is 5. The van der Waals surface area contributed by atoms with E-state index in [2.05, 4.69) is 20.1 Å². The number of amides is 1. The van der Waals surface area contributed by atoms with Crippen LogP contribution < -0.4 is 10.9 Å². The lowest BCUT2D eigenvalue weighted by Gasteiger charge is -2.16. The molecule has 2 aromatic heterocycles. The zero-order valence-electron chi connectivity index (χ0n) is 15.8. The normalized spacial score (nSPS) is 14.6. The second-order valence-corrected chi connectivity index (χ2v) is 7.62. The average molecular weight is 390 g/mol. The van der Waals surface area contributed by atoms with E-state index in [1.54, 1.807) is 34.7 Å². The van der Waals surface area contributed by atoms with Crippen molar-refractivity contribution in [1.29, 1.82) is 0 Å². The molecular weight excluding hydrogens is 362 g/mol. The van der Waals surface area contributed by atoms with Crippen molar-refractivity contribution in [2.75, 3.05) is 12.8 Å². The van der Waals surface area contributed by atoms with Crippen molar-refractivity contribution in [2.45, 2.75) is 62.7 Å². The molecule has 0 unspecified atom stereocenters. The molecule has 1 aliphatic carbocycles.